The zero-order chi connectivity index (χ0) is 15.4. The van der Waals surface area contributed by atoms with Crippen LogP contribution in [0.25, 0.3) is 0 Å². The first-order valence-corrected chi connectivity index (χ1v) is 7.78. The Balaban J connectivity index is 2.73. The highest BCUT2D eigenvalue weighted by molar-refractivity contribution is 7.80. The van der Waals surface area contributed by atoms with Crippen molar-refractivity contribution >= 4 is 12.6 Å². The third-order valence-electron chi connectivity index (χ3n) is 3.27. The van der Waals surface area contributed by atoms with E-state index in [0.717, 1.165) is 17.7 Å². The molecule has 0 aliphatic heterocycles. The second kappa shape index (κ2) is 6.71. The predicted molar refractivity (Wildman–Crippen MR) is 92.0 cm³/mol. The summed E-state index contributed by atoms with van der Waals surface area (Å²) in [6, 6.07) is 8.44. The monoisotopic (exact) mass is 292 g/mol. The Morgan fingerprint density at radius 3 is 2.10 bits per heavy atom. The van der Waals surface area contributed by atoms with E-state index in [1.165, 1.54) is 5.56 Å². The number of benzene rings is 1. The number of thiol groups is 1. The van der Waals surface area contributed by atoms with Crippen LogP contribution < -0.4 is 4.74 Å². The smallest absolute Gasteiger partial charge is 0.119 e. The van der Waals surface area contributed by atoms with Gasteiger partial charge in [-0.05, 0) is 40.5 Å². The molecule has 0 N–H and O–H groups in total. The maximum atomic E-state index is 5.68. The van der Waals surface area contributed by atoms with E-state index in [9.17, 15) is 0 Å². The van der Waals surface area contributed by atoms with Crippen molar-refractivity contribution in [2.75, 3.05) is 12.4 Å². The molecule has 112 valence electrons. The molecule has 2 heteroatoms. The van der Waals surface area contributed by atoms with Crippen LogP contribution in [0.1, 0.15) is 46.6 Å². The third kappa shape index (κ3) is 5.62. The standard InChI is InChI=1S/C18H28OS/c1-14(12-20)11-19-16-9-7-15(8-10-16)18(5,6)13-17(2,3)4/h7-10,20H,1,11-13H2,2-6H3. The molecule has 0 aliphatic carbocycles. The van der Waals surface area contributed by atoms with E-state index in [4.69, 9.17) is 4.74 Å². The third-order valence-corrected chi connectivity index (χ3v) is 3.72. The fourth-order valence-electron chi connectivity index (χ4n) is 2.66. The molecule has 20 heavy (non-hydrogen) atoms. The number of hydrogen-bond acceptors (Lipinski definition) is 2. The highest BCUT2D eigenvalue weighted by atomic mass is 32.1. The first-order valence-electron chi connectivity index (χ1n) is 7.15. The highest BCUT2D eigenvalue weighted by Crippen LogP contribution is 2.36. The molecule has 0 atom stereocenters. The van der Waals surface area contributed by atoms with Crippen LogP contribution in [0.3, 0.4) is 0 Å². The average molecular weight is 292 g/mol. The number of hydrogen-bond donors (Lipinski definition) is 1. The van der Waals surface area contributed by atoms with Crippen LogP contribution in [-0.4, -0.2) is 12.4 Å². The van der Waals surface area contributed by atoms with E-state index in [-0.39, 0.29) is 5.41 Å². The van der Waals surface area contributed by atoms with Gasteiger partial charge in [0.1, 0.15) is 12.4 Å². The summed E-state index contributed by atoms with van der Waals surface area (Å²) in [5.41, 5.74) is 2.84. The van der Waals surface area contributed by atoms with Crippen molar-refractivity contribution in [3.05, 3.63) is 42.0 Å². The molecule has 0 aromatic heterocycles. The molecule has 1 rings (SSSR count). The zero-order valence-electron chi connectivity index (χ0n) is 13.5. The van der Waals surface area contributed by atoms with Crippen LogP contribution in [0, 0.1) is 5.41 Å². The summed E-state index contributed by atoms with van der Waals surface area (Å²) in [5.74, 6) is 1.56. The molecule has 0 fully saturated rings. The summed E-state index contributed by atoms with van der Waals surface area (Å²) < 4.78 is 5.68. The summed E-state index contributed by atoms with van der Waals surface area (Å²) in [7, 11) is 0. The Hall–Kier alpha value is -0.890. The van der Waals surface area contributed by atoms with Gasteiger partial charge in [0.15, 0.2) is 0 Å². The summed E-state index contributed by atoms with van der Waals surface area (Å²) in [6.45, 7) is 15.9. The molecule has 0 aliphatic rings. The van der Waals surface area contributed by atoms with Crippen molar-refractivity contribution in [2.24, 2.45) is 5.41 Å². The molecule has 0 unspecified atom stereocenters. The van der Waals surface area contributed by atoms with Gasteiger partial charge in [0, 0.05) is 5.75 Å². The SMILES string of the molecule is C=C(CS)COc1ccc(C(C)(C)CC(C)(C)C)cc1. The first-order chi connectivity index (χ1) is 9.14. The van der Waals surface area contributed by atoms with Gasteiger partial charge in [-0.3, -0.25) is 0 Å². The minimum Gasteiger partial charge on any atom is -0.489 e. The minimum atomic E-state index is 0.172. The first kappa shape index (κ1) is 17.2. The van der Waals surface area contributed by atoms with Crippen LogP contribution in [0.4, 0.5) is 0 Å². The number of rotatable bonds is 6. The average Bonchev–Trinajstić information content (AvgIpc) is 2.33. The van der Waals surface area contributed by atoms with Gasteiger partial charge in [0.25, 0.3) is 0 Å². The molecular formula is C18H28OS. The zero-order valence-corrected chi connectivity index (χ0v) is 14.4. The summed E-state index contributed by atoms with van der Waals surface area (Å²) >= 11 is 4.18. The van der Waals surface area contributed by atoms with Crippen LogP contribution >= 0.6 is 12.6 Å². The van der Waals surface area contributed by atoms with Gasteiger partial charge in [-0.1, -0.05) is 53.3 Å². The molecule has 1 aromatic rings. The van der Waals surface area contributed by atoms with E-state index in [1.807, 2.05) is 12.1 Å². The molecule has 0 bridgehead atoms. The fraction of sp³-hybridized carbons (Fsp3) is 0.556. The largest absolute Gasteiger partial charge is 0.489 e. The molecule has 0 amide bonds. The molecule has 1 aromatic carbocycles. The molecular weight excluding hydrogens is 264 g/mol. The van der Waals surface area contributed by atoms with Crippen LogP contribution in [-0.2, 0) is 5.41 Å². The Kier molecular flexibility index (Phi) is 5.76. The van der Waals surface area contributed by atoms with Crippen molar-refractivity contribution in [1.29, 1.82) is 0 Å². The lowest BCUT2D eigenvalue weighted by Crippen LogP contribution is -2.24. The Labute approximate surface area is 129 Å². The van der Waals surface area contributed by atoms with Crippen molar-refractivity contribution < 1.29 is 4.74 Å². The van der Waals surface area contributed by atoms with Crippen molar-refractivity contribution in [2.45, 2.75) is 46.5 Å². The van der Waals surface area contributed by atoms with E-state index >= 15 is 0 Å². The second-order valence-electron chi connectivity index (χ2n) is 7.34. The minimum absolute atomic E-state index is 0.172. The lowest BCUT2D eigenvalue weighted by Gasteiger charge is -2.33. The highest BCUT2D eigenvalue weighted by Gasteiger charge is 2.27. The van der Waals surface area contributed by atoms with Crippen LogP contribution in [0.2, 0.25) is 0 Å². The van der Waals surface area contributed by atoms with E-state index < -0.39 is 0 Å². The van der Waals surface area contributed by atoms with Gasteiger partial charge >= 0.3 is 0 Å². The maximum Gasteiger partial charge on any atom is 0.119 e. The fourth-order valence-corrected chi connectivity index (χ4v) is 2.75. The van der Waals surface area contributed by atoms with Gasteiger partial charge in [-0.15, -0.1) is 0 Å². The quantitative estimate of drug-likeness (QED) is 0.555. The topological polar surface area (TPSA) is 9.23 Å². The van der Waals surface area contributed by atoms with Gasteiger partial charge in [0.2, 0.25) is 0 Å². The summed E-state index contributed by atoms with van der Waals surface area (Å²) in [4.78, 5) is 0. The van der Waals surface area contributed by atoms with Crippen LogP contribution in [0.15, 0.2) is 36.4 Å². The van der Waals surface area contributed by atoms with Crippen molar-refractivity contribution in [3.8, 4) is 5.75 Å². The molecule has 0 spiro atoms. The van der Waals surface area contributed by atoms with Crippen molar-refractivity contribution in [1.82, 2.24) is 0 Å². The maximum absolute atomic E-state index is 5.68. The molecule has 0 saturated carbocycles. The van der Waals surface area contributed by atoms with Gasteiger partial charge in [0.05, 0.1) is 0 Å². The van der Waals surface area contributed by atoms with E-state index in [2.05, 4.69) is 66.0 Å². The Morgan fingerprint density at radius 1 is 1.10 bits per heavy atom. The van der Waals surface area contributed by atoms with Crippen LogP contribution in [0.5, 0.6) is 5.75 Å². The summed E-state index contributed by atoms with van der Waals surface area (Å²) in [5, 5.41) is 0. The molecule has 0 radical (unpaired) electrons. The lowest BCUT2D eigenvalue weighted by atomic mass is 9.72. The summed E-state index contributed by atoms with van der Waals surface area (Å²) in [6.07, 6.45) is 1.15. The molecule has 0 heterocycles. The molecule has 1 nitrogen and oxygen atoms in total. The van der Waals surface area contributed by atoms with E-state index in [0.29, 0.717) is 17.8 Å². The molecule has 0 saturated heterocycles. The van der Waals surface area contributed by atoms with Gasteiger partial charge in [-0.2, -0.15) is 12.6 Å². The van der Waals surface area contributed by atoms with Gasteiger partial charge in [-0.25, -0.2) is 0 Å². The Morgan fingerprint density at radius 2 is 1.65 bits per heavy atom. The van der Waals surface area contributed by atoms with Gasteiger partial charge < -0.3 is 4.74 Å². The normalized spacial score (nSPS) is 12.3. The lowest BCUT2D eigenvalue weighted by molar-refractivity contribution is 0.284. The predicted octanol–water partition coefficient (Wildman–Crippen LogP) is 5.27. The second-order valence-corrected chi connectivity index (χ2v) is 7.66. The van der Waals surface area contributed by atoms with Crippen molar-refractivity contribution in [3.63, 3.8) is 0 Å². The number of ether oxygens (including phenoxy) is 1. The Bertz CT molecular complexity index is 437. The van der Waals surface area contributed by atoms with E-state index in [1.54, 1.807) is 0 Å².